The van der Waals surface area contributed by atoms with Crippen molar-refractivity contribution in [2.24, 2.45) is 0 Å². The number of methoxy groups -OCH3 is 1. The van der Waals surface area contributed by atoms with Crippen LogP contribution in [0.1, 0.15) is 24.8 Å². The highest BCUT2D eigenvalue weighted by Gasteiger charge is 1.98. The average Bonchev–Trinajstić information content (AvgIpc) is 2.73. The lowest BCUT2D eigenvalue weighted by molar-refractivity contribution is 0.308. The van der Waals surface area contributed by atoms with Crippen molar-refractivity contribution >= 4 is 10.8 Å². The summed E-state index contributed by atoms with van der Waals surface area (Å²) in [6.07, 6.45) is 4.53. The second-order valence-electron chi connectivity index (χ2n) is 6.77. The Hall–Kier alpha value is -2.52. The van der Waals surface area contributed by atoms with Gasteiger partial charge in [0.05, 0.1) is 13.7 Å². The van der Waals surface area contributed by atoms with E-state index in [0.29, 0.717) is 0 Å². The SMILES string of the molecule is COc1ccc(CCCCNCCCOc2ccc3ccccc3c2)cc1. The van der Waals surface area contributed by atoms with Gasteiger partial charge in [0.1, 0.15) is 11.5 Å². The first-order chi connectivity index (χ1) is 13.3. The van der Waals surface area contributed by atoms with Gasteiger partial charge in [-0.15, -0.1) is 0 Å². The third kappa shape index (κ3) is 6.30. The molecule has 0 amide bonds. The van der Waals surface area contributed by atoms with E-state index in [9.17, 15) is 0 Å². The molecule has 3 rings (SSSR count). The summed E-state index contributed by atoms with van der Waals surface area (Å²) in [7, 11) is 1.70. The second kappa shape index (κ2) is 10.6. The van der Waals surface area contributed by atoms with E-state index in [1.54, 1.807) is 7.11 Å². The van der Waals surface area contributed by atoms with Crippen molar-refractivity contribution in [1.82, 2.24) is 5.32 Å². The Morgan fingerprint density at radius 2 is 1.48 bits per heavy atom. The fraction of sp³-hybridized carbons (Fsp3) is 0.333. The molecular weight excluding hydrogens is 334 g/mol. The van der Waals surface area contributed by atoms with Crippen LogP contribution in [0, 0.1) is 0 Å². The van der Waals surface area contributed by atoms with Gasteiger partial charge in [-0.1, -0.05) is 42.5 Å². The number of hydrogen-bond donors (Lipinski definition) is 1. The fourth-order valence-corrected chi connectivity index (χ4v) is 3.14. The number of fused-ring (bicyclic) bond motifs is 1. The van der Waals surface area contributed by atoms with Crippen LogP contribution in [0.5, 0.6) is 11.5 Å². The van der Waals surface area contributed by atoms with E-state index in [2.05, 4.69) is 59.9 Å². The normalized spacial score (nSPS) is 10.9. The van der Waals surface area contributed by atoms with Gasteiger partial charge in [0.15, 0.2) is 0 Å². The van der Waals surface area contributed by atoms with Gasteiger partial charge in [0.25, 0.3) is 0 Å². The Bertz CT molecular complexity index is 814. The number of unbranched alkanes of at least 4 members (excludes halogenated alkanes) is 1. The van der Waals surface area contributed by atoms with Gasteiger partial charge in [0.2, 0.25) is 0 Å². The van der Waals surface area contributed by atoms with Gasteiger partial charge in [0, 0.05) is 0 Å². The molecule has 0 unspecified atom stereocenters. The molecule has 3 nitrogen and oxygen atoms in total. The maximum Gasteiger partial charge on any atom is 0.119 e. The summed E-state index contributed by atoms with van der Waals surface area (Å²) in [6, 6.07) is 23.0. The zero-order valence-electron chi connectivity index (χ0n) is 16.1. The number of nitrogens with one attached hydrogen (secondary N) is 1. The molecule has 0 saturated carbocycles. The molecule has 3 aromatic rings. The van der Waals surface area contributed by atoms with Crippen LogP contribution in [-0.2, 0) is 6.42 Å². The van der Waals surface area contributed by atoms with Gasteiger partial charge in [-0.25, -0.2) is 0 Å². The van der Waals surface area contributed by atoms with Crippen molar-refractivity contribution in [3.05, 3.63) is 72.3 Å². The third-order valence-electron chi connectivity index (χ3n) is 4.72. The van der Waals surface area contributed by atoms with Crippen molar-refractivity contribution in [2.45, 2.75) is 25.7 Å². The molecule has 1 N–H and O–H groups in total. The summed E-state index contributed by atoms with van der Waals surface area (Å²) in [5.74, 6) is 1.87. The van der Waals surface area contributed by atoms with Gasteiger partial charge in [-0.05, 0) is 79.4 Å². The zero-order chi connectivity index (χ0) is 18.7. The summed E-state index contributed by atoms with van der Waals surface area (Å²) in [6.45, 7) is 2.80. The Morgan fingerprint density at radius 3 is 2.30 bits per heavy atom. The third-order valence-corrected chi connectivity index (χ3v) is 4.72. The van der Waals surface area contributed by atoms with Crippen LogP contribution in [-0.4, -0.2) is 26.8 Å². The van der Waals surface area contributed by atoms with E-state index in [1.807, 2.05) is 12.1 Å². The highest BCUT2D eigenvalue weighted by atomic mass is 16.5. The highest BCUT2D eigenvalue weighted by molar-refractivity contribution is 5.83. The van der Waals surface area contributed by atoms with Crippen molar-refractivity contribution in [3.63, 3.8) is 0 Å². The van der Waals surface area contributed by atoms with Crippen LogP contribution >= 0.6 is 0 Å². The molecule has 0 aliphatic heterocycles. The minimum Gasteiger partial charge on any atom is -0.497 e. The van der Waals surface area contributed by atoms with Gasteiger partial charge in [-0.3, -0.25) is 0 Å². The molecule has 142 valence electrons. The fourth-order valence-electron chi connectivity index (χ4n) is 3.14. The van der Waals surface area contributed by atoms with Crippen LogP contribution in [0.4, 0.5) is 0 Å². The molecule has 0 fully saturated rings. The lowest BCUT2D eigenvalue weighted by Crippen LogP contribution is -2.18. The van der Waals surface area contributed by atoms with Crippen LogP contribution in [0.2, 0.25) is 0 Å². The first kappa shape index (κ1) is 19.2. The van der Waals surface area contributed by atoms with Crippen molar-refractivity contribution in [3.8, 4) is 11.5 Å². The summed E-state index contributed by atoms with van der Waals surface area (Å²) in [5.41, 5.74) is 1.37. The highest BCUT2D eigenvalue weighted by Crippen LogP contribution is 2.20. The topological polar surface area (TPSA) is 30.5 Å². The van der Waals surface area contributed by atoms with Gasteiger partial charge < -0.3 is 14.8 Å². The number of aryl methyl sites for hydroxylation is 1. The molecule has 0 bridgehead atoms. The number of benzene rings is 3. The van der Waals surface area contributed by atoms with Crippen molar-refractivity contribution in [1.29, 1.82) is 0 Å². The Morgan fingerprint density at radius 1 is 0.741 bits per heavy atom. The lowest BCUT2D eigenvalue weighted by atomic mass is 10.1. The first-order valence-electron chi connectivity index (χ1n) is 9.80. The van der Waals surface area contributed by atoms with Gasteiger partial charge in [-0.2, -0.15) is 0 Å². The number of ether oxygens (including phenoxy) is 2. The molecular formula is C24H29NO2. The maximum absolute atomic E-state index is 5.87. The molecule has 0 aliphatic rings. The van der Waals surface area contributed by atoms with E-state index in [4.69, 9.17) is 9.47 Å². The summed E-state index contributed by atoms with van der Waals surface area (Å²) in [5, 5.41) is 5.98. The van der Waals surface area contributed by atoms with Crippen LogP contribution < -0.4 is 14.8 Å². The largest absolute Gasteiger partial charge is 0.497 e. The summed E-state index contributed by atoms with van der Waals surface area (Å²) in [4.78, 5) is 0. The Labute approximate surface area is 162 Å². The Balaban J connectivity index is 1.23. The molecule has 3 heteroatoms. The number of hydrogen-bond acceptors (Lipinski definition) is 3. The molecule has 0 heterocycles. The monoisotopic (exact) mass is 363 g/mol. The predicted molar refractivity (Wildman–Crippen MR) is 113 cm³/mol. The summed E-state index contributed by atoms with van der Waals surface area (Å²) < 4.78 is 11.1. The van der Waals surface area contributed by atoms with Crippen LogP contribution in [0.25, 0.3) is 10.8 Å². The standard InChI is InChI=1S/C24H29NO2/c1-26-23-13-10-20(11-14-23)7-4-5-16-25-17-6-18-27-24-15-12-21-8-2-3-9-22(21)19-24/h2-3,8-15,19,25H,4-7,16-18H2,1H3. The van der Waals surface area contributed by atoms with E-state index < -0.39 is 0 Å². The molecule has 0 aliphatic carbocycles. The summed E-state index contributed by atoms with van der Waals surface area (Å²) >= 11 is 0. The van der Waals surface area contributed by atoms with E-state index in [1.165, 1.54) is 29.2 Å². The minimum absolute atomic E-state index is 0.747. The maximum atomic E-state index is 5.87. The minimum atomic E-state index is 0.747. The zero-order valence-corrected chi connectivity index (χ0v) is 16.1. The molecule has 27 heavy (non-hydrogen) atoms. The second-order valence-corrected chi connectivity index (χ2v) is 6.77. The van der Waals surface area contributed by atoms with Gasteiger partial charge >= 0.3 is 0 Å². The quantitative estimate of drug-likeness (QED) is 0.473. The number of rotatable bonds is 11. The van der Waals surface area contributed by atoms with Crippen LogP contribution in [0.3, 0.4) is 0 Å². The van der Waals surface area contributed by atoms with Crippen molar-refractivity contribution < 1.29 is 9.47 Å². The molecule has 0 saturated heterocycles. The first-order valence-corrected chi connectivity index (χ1v) is 9.80. The predicted octanol–water partition coefficient (Wildman–Crippen LogP) is 5.23. The lowest BCUT2D eigenvalue weighted by Gasteiger charge is -2.08. The molecule has 0 radical (unpaired) electrons. The molecule has 0 spiro atoms. The van der Waals surface area contributed by atoms with Crippen LogP contribution in [0.15, 0.2) is 66.7 Å². The van der Waals surface area contributed by atoms with E-state index in [0.717, 1.165) is 44.0 Å². The van der Waals surface area contributed by atoms with Crippen molar-refractivity contribution in [2.75, 3.05) is 26.8 Å². The molecule has 3 aromatic carbocycles. The average molecular weight is 364 g/mol. The van der Waals surface area contributed by atoms with E-state index >= 15 is 0 Å². The smallest absolute Gasteiger partial charge is 0.119 e. The van der Waals surface area contributed by atoms with E-state index in [-0.39, 0.29) is 0 Å². The molecule has 0 atom stereocenters. The molecule has 0 aromatic heterocycles. The Kier molecular flexibility index (Phi) is 7.55.